The molecule has 0 aromatic carbocycles. The zero-order valence-electron chi connectivity index (χ0n) is 8.63. The van der Waals surface area contributed by atoms with E-state index < -0.39 is 0 Å². The van der Waals surface area contributed by atoms with Crippen molar-refractivity contribution in [3.63, 3.8) is 0 Å². The number of nitrogens with one attached hydrogen (secondary N) is 1. The van der Waals surface area contributed by atoms with Crippen LogP contribution >= 0.6 is 0 Å². The van der Waals surface area contributed by atoms with E-state index in [1.54, 1.807) is 23.9 Å². The molecule has 1 N–H and O–H groups in total. The minimum Gasteiger partial charge on any atom is -0.358 e. The van der Waals surface area contributed by atoms with E-state index in [9.17, 15) is 9.59 Å². The van der Waals surface area contributed by atoms with E-state index in [4.69, 9.17) is 0 Å². The van der Waals surface area contributed by atoms with E-state index in [0.717, 1.165) is 5.69 Å². The number of Topliss-reactive ketones (excluding diaryl/α,β-unsaturated/α-hetero) is 1. The fourth-order valence-electron chi connectivity index (χ4n) is 1.33. The Morgan fingerprint density at radius 2 is 2.14 bits per heavy atom. The van der Waals surface area contributed by atoms with Gasteiger partial charge in [0, 0.05) is 24.5 Å². The van der Waals surface area contributed by atoms with Crippen LogP contribution in [0.15, 0.2) is 12.3 Å². The first kappa shape index (κ1) is 10.5. The predicted molar refractivity (Wildman–Crippen MR) is 53.2 cm³/mol. The van der Waals surface area contributed by atoms with E-state index >= 15 is 0 Å². The second-order valence-electron chi connectivity index (χ2n) is 3.17. The number of ketones is 1. The quantitative estimate of drug-likeness (QED) is 0.722. The molecule has 76 valence electrons. The third-order valence-corrected chi connectivity index (χ3v) is 2.21. The van der Waals surface area contributed by atoms with E-state index in [-0.39, 0.29) is 18.2 Å². The lowest BCUT2D eigenvalue weighted by Gasteiger charge is -2.05. The van der Waals surface area contributed by atoms with Crippen LogP contribution < -0.4 is 5.32 Å². The van der Waals surface area contributed by atoms with Gasteiger partial charge in [-0.25, -0.2) is 0 Å². The van der Waals surface area contributed by atoms with E-state index in [1.165, 1.54) is 6.92 Å². The Kier molecular flexibility index (Phi) is 3.06. The first-order valence-electron chi connectivity index (χ1n) is 4.43. The van der Waals surface area contributed by atoms with E-state index in [0.29, 0.717) is 5.56 Å². The number of nitrogens with zero attached hydrogens (tertiary/aromatic N) is 1. The topological polar surface area (TPSA) is 51.1 Å². The van der Waals surface area contributed by atoms with Gasteiger partial charge in [-0.3, -0.25) is 9.59 Å². The molecule has 0 radical (unpaired) electrons. The second-order valence-corrected chi connectivity index (χ2v) is 3.17. The lowest BCUT2D eigenvalue weighted by atomic mass is 10.2. The summed E-state index contributed by atoms with van der Waals surface area (Å²) in [5, 5.41) is 2.53. The first-order chi connectivity index (χ1) is 6.56. The third-order valence-electron chi connectivity index (χ3n) is 2.21. The Balaban J connectivity index is 2.90. The molecule has 0 spiro atoms. The van der Waals surface area contributed by atoms with Crippen LogP contribution in [0.3, 0.4) is 0 Å². The van der Waals surface area contributed by atoms with Crippen LogP contribution in [-0.2, 0) is 11.3 Å². The highest BCUT2D eigenvalue weighted by Gasteiger charge is 2.09. The second kappa shape index (κ2) is 4.09. The van der Waals surface area contributed by atoms with Crippen LogP contribution in [-0.4, -0.2) is 23.3 Å². The molecule has 14 heavy (non-hydrogen) atoms. The maximum atomic E-state index is 11.1. The van der Waals surface area contributed by atoms with Gasteiger partial charge in [0.15, 0.2) is 5.78 Å². The molecule has 0 fully saturated rings. The fraction of sp³-hybridized carbons (Fsp3) is 0.400. The highest BCUT2D eigenvalue weighted by Crippen LogP contribution is 2.10. The average molecular weight is 194 g/mol. The molecule has 4 nitrogen and oxygen atoms in total. The van der Waals surface area contributed by atoms with Gasteiger partial charge in [-0.05, 0) is 19.9 Å². The number of carbonyl (C=O) groups excluding carboxylic acids is 2. The van der Waals surface area contributed by atoms with Crippen molar-refractivity contribution < 1.29 is 9.59 Å². The number of hydrogen-bond donors (Lipinski definition) is 1. The highest BCUT2D eigenvalue weighted by atomic mass is 16.1. The molecule has 0 unspecified atom stereocenters. The summed E-state index contributed by atoms with van der Waals surface area (Å²) in [6, 6.07) is 1.74. The van der Waals surface area contributed by atoms with E-state index in [1.807, 2.05) is 6.92 Å². The number of aromatic nitrogens is 1. The van der Waals surface area contributed by atoms with Crippen LogP contribution in [0.4, 0.5) is 0 Å². The molecular formula is C10H14N2O2. The summed E-state index contributed by atoms with van der Waals surface area (Å²) in [6.45, 7) is 3.61. The van der Waals surface area contributed by atoms with Gasteiger partial charge in [0.1, 0.15) is 6.54 Å². The molecule has 1 amide bonds. The van der Waals surface area contributed by atoms with Crippen molar-refractivity contribution in [1.29, 1.82) is 0 Å². The summed E-state index contributed by atoms with van der Waals surface area (Å²) < 4.78 is 1.76. The molecule has 0 saturated carbocycles. The Morgan fingerprint density at radius 3 is 2.57 bits per heavy atom. The fourth-order valence-corrected chi connectivity index (χ4v) is 1.33. The van der Waals surface area contributed by atoms with Crippen LogP contribution in [0.2, 0.25) is 0 Å². The summed E-state index contributed by atoms with van der Waals surface area (Å²) >= 11 is 0. The van der Waals surface area contributed by atoms with Crippen molar-refractivity contribution >= 4 is 11.7 Å². The summed E-state index contributed by atoms with van der Waals surface area (Å²) in [4.78, 5) is 22.2. The Labute approximate surface area is 82.9 Å². The Morgan fingerprint density at radius 1 is 1.50 bits per heavy atom. The molecule has 1 heterocycles. The molecular weight excluding hydrogens is 180 g/mol. The zero-order valence-corrected chi connectivity index (χ0v) is 8.63. The normalized spacial score (nSPS) is 9.93. The van der Waals surface area contributed by atoms with Crippen LogP contribution in [0, 0.1) is 6.92 Å². The molecule has 0 aliphatic rings. The molecule has 0 aliphatic heterocycles. The van der Waals surface area contributed by atoms with Crippen molar-refractivity contribution in [3.8, 4) is 0 Å². The van der Waals surface area contributed by atoms with Gasteiger partial charge in [-0.1, -0.05) is 0 Å². The smallest absolute Gasteiger partial charge is 0.239 e. The van der Waals surface area contributed by atoms with E-state index in [2.05, 4.69) is 5.32 Å². The number of carbonyl (C=O) groups is 2. The Bertz CT molecular complexity index is 366. The van der Waals surface area contributed by atoms with Gasteiger partial charge in [0.2, 0.25) is 5.91 Å². The molecule has 1 aromatic heterocycles. The number of hydrogen-bond acceptors (Lipinski definition) is 2. The van der Waals surface area contributed by atoms with Crippen LogP contribution in [0.1, 0.15) is 23.0 Å². The third kappa shape index (κ3) is 2.02. The molecule has 1 rings (SSSR count). The van der Waals surface area contributed by atoms with Gasteiger partial charge in [-0.15, -0.1) is 0 Å². The van der Waals surface area contributed by atoms with Gasteiger partial charge in [-0.2, -0.15) is 0 Å². The number of rotatable bonds is 3. The van der Waals surface area contributed by atoms with Crippen molar-refractivity contribution in [1.82, 2.24) is 9.88 Å². The largest absolute Gasteiger partial charge is 0.358 e. The van der Waals surface area contributed by atoms with Crippen molar-refractivity contribution in [3.05, 3.63) is 23.5 Å². The summed E-state index contributed by atoms with van der Waals surface area (Å²) in [5.74, 6) is -0.0445. The molecule has 1 aromatic rings. The molecule has 0 bridgehead atoms. The van der Waals surface area contributed by atoms with Crippen molar-refractivity contribution in [2.75, 3.05) is 7.05 Å². The maximum Gasteiger partial charge on any atom is 0.239 e. The maximum absolute atomic E-state index is 11.1. The molecule has 0 aliphatic carbocycles. The van der Waals surface area contributed by atoms with Crippen LogP contribution in [0.5, 0.6) is 0 Å². The van der Waals surface area contributed by atoms with Gasteiger partial charge >= 0.3 is 0 Å². The average Bonchev–Trinajstić information content (AvgIpc) is 2.48. The molecule has 0 atom stereocenters. The molecule has 4 heteroatoms. The minimum absolute atomic E-state index is 0.0261. The van der Waals surface area contributed by atoms with Gasteiger partial charge in [0.25, 0.3) is 0 Å². The predicted octanol–water partition coefficient (Wildman–Crippen LogP) is 0.745. The number of amides is 1. The SMILES string of the molecule is CNC(=O)Cn1ccc(C(C)=O)c1C. The van der Waals surface area contributed by atoms with Crippen molar-refractivity contribution in [2.24, 2.45) is 0 Å². The summed E-state index contributed by atoms with van der Waals surface area (Å²) in [6.07, 6.45) is 1.75. The number of likely N-dealkylation sites (N-methyl/N-ethyl adjacent to an activating group) is 1. The summed E-state index contributed by atoms with van der Waals surface area (Å²) in [5.41, 5.74) is 1.51. The zero-order chi connectivity index (χ0) is 10.7. The van der Waals surface area contributed by atoms with Crippen LogP contribution in [0.25, 0.3) is 0 Å². The summed E-state index contributed by atoms with van der Waals surface area (Å²) in [7, 11) is 1.59. The molecule has 0 saturated heterocycles. The van der Waals surface area contributed by atoms with Gasteiger partial charge < -0.3 is 9.88 Å². The first-order valence-corrected chi connectivity index (χ1v) is 4.43. The lowest BCUT2D eigenvalue weighted by molar-refractivity contribution is -0.121. The minimum atomic E-state index is -0.0706. The highest BCUT2D eigenvalue weighted by molar-refractivity contribution is 5.95. The van der Waals surface area contributed by atoms with Crippen molar-refractivity contribution in [2.45, 2.75) is 20.4 Å². The standard InChI is InChI=1S/C10H14N2O2/c1-7-9(8(2)13)4-5-12(7)6-10(14)11-3/h4-5H,6H2,1-3H3,(H,11,14). The van der Waals surface area contributed by atoms with Gasteiger partial charge in [0.05, 0.1) is 0 Å². The lowest BCUT2D eigenvalue weighted by Crippen LogP contribution is -2.23. The monoisotopic (exact) mass is 194 g/mol. The Hall–Kier alpha value is -1.58.